The van der Waals surface area contributed by atoms with E-state index in [0.29, 0.717) is 5.92 Å². The molecular formula is C16H20ClN3OS. The predicted octanol–water partition coefficient (Wildman–Crippen LogP) is 3.44. The topological polar surface area (TPSA) is 54.0 Å². The highest BCUT2D eigenvalue weighted by atomic mass is 35.5. The van der Waals surface area contributed by atoms with Crippen LogP contribution in [0.1, 0.15) is 25.7 Å². The Balaban J connectivity index is 0.00000144. The molecule has 0 radical (unpaired) electrons. The van der Waals surface area contributed by atoms with Crippen LogP contribution in [-0.2, 0) is 4.79 Å². The Labute approximate surface area is 140 Å². The number of anilines is 1. The molecular weight excluding hydrogens is 318 g/mol. The summed E-state index contributed by atoms with van der Waals surface area (Å²) >= 11 is 1.56. The van der Waals surface area contributed by atoms with Crippen LogP contribution in [0.4, 0.5) is 5.13 Å². The smallest absolute Gasteiger partial charge is 0.233 e. The number of carbonyl (C=O) groups excluding carboxylic acids is 1. The van der Waals surface area contributed by atoms with Gasteiger partial charge in [0, 0.05) is 6.54 Å². The minimum absolute atomic E-state index is 0. The highest BCUT2D eigenvalue weighted by molar-refractivity contribution is 7.22. The summed E-state index contributed by atoms with van der Waals surface area (Å²) in [5, 5.41) is 7.24. The summed E-state index contributed by atoms with van der Waals surface area (Å²) < 4.78 is 1.12. The van der Waals surface area contributed by atoms with Crippen LogP contribution >= 0.6 is 23.7 Å². The van der Waals surface area contributed by atoms with Gasteiger partial charge in [-0.05, 0) is 37.4 Å². The van der Waals surface area contributed by atoms with Gasteiger partial charge in [-0.3, -0.25) is 4.79 Å². The molecule has 2 aliphatic rings. The van der Waals surface area contributed by atoms with Gasteiger partial charge >= 0.3 is 0 Å². The van der Waals surface area contributed by atoms with Gasteiger partial charge in [0.25, 0.3) is 0 Å². The van der Waals surface area contributed by atoms with Gasteiger partial charge in [-0.1, -0.05) is 36.3 Å². The molecule has 22 heavy (non-hydrogen) atoms. The molecule has 2 aromatic rings. The standard InChI is InChI=1S/C16H19N3OS.ClH/c20-14(16-8-4-3-5-11(16)9-17-10-16)19-15-18-12-6-1-2-7-13(12)21-15;/h1-2,6-7,11,17H,3-5,8-10H2,(H,18,19,20);1H/t11-,16+;/m0./s1. The Morgan fingerprint density at radius 1 is 1.36 bits per heavy atom. The fourth-order valence-corrected chi connectivity index (χ4v) is 4.70. The number of hydrogen-bond acceptors (Lipinski definition) is 4. The SMILES string of the molecule is Cl.O=C(Nc1nc2ccccc2s1)[C@@]12CCCC[C@H]1CNC2. The van der Waals surface area contributed by atoms with Gasteiger partial charge in [-0.2, -0.15) is 0 Å². The van der Waals surface area contributed by atoms with Crippen molar-refractivity contribution in [3.05, 3.63) is 24.3 Å². The zero-order chi connectivity index (χ0) is 14.3. The molecule has 6 heteroatoms. The third-order valence-corrected chi connectivity index (χ3v) is 5.96. The second kappa shape index (κ2) is 6.14. The van der Waals surface area contributed by atoms with Crippen molar-refractivity contribution in [1.29, 1.82) is 0 Å². The van der Waals surface area contributed by atoms with Gasteiger partial charge in [-0.25, -0.2) is 4.98 Å². The number of nitrogens with one attached hydrogen (secondary N) is 2. The summed E-state index contributed by atoms with van der Waals surface area (Å²) in [5.74, 6) is 0.650. The first-order valence-corrected chi connectivity index (χ1v) is 8.47. The lowest BCUT2D eigenvalue weighted by molar-refractivity contribution is -0.128. The Morgan fingerprint density at radius 2 is 2.23 bits per heavy atom. The van der Waals surface area contributed by atoms with E-state index in [1.165, 1.54) is 12.8 Å². The first-order chi connectivity index (χ1) is 10.3. The molecule has 1 aromatic carbocycles. The summed E-state index contributed by atoms with van der Waals surface area (Å²) in [6, 6.07) is 8.01. The van der Waals surface area contributed by atoms with Crippen LogP contribution in [0.3, 0.4) is 0 Å². The van der Waals surface area contributed by atoms with Crippen molar-refractivity contribution in [2.45, 2.75) is 25.7 Å². The van der Waals surface area contributed by atoms with E-state index in [1.807, 2.05) is 24.3 Å². The number of para-hydroxylation sites is 1. The summed E-state index contributed by atoms with van der Waals surface area (Å²) in [6.45, 7) is 1.79. The summed E-state index contributed by atoms with van der Waals surface area (Å²) in [7, 11) is 0. The average Bonchev–Trinajstić information content (AvgIpc) is 3.10. The monoisotopic (exact) mass is 337 g/mol. The van der Waals surface area contributed by atoms with Crippen molar-refractivity contribution in [3.8, 4) is 0 Å². The molecule has 2 heterocycles. The maximum atomic E-state index is 12.9. The molecule has 2 N–H and O–H groups in total. The second-order valence-electron chi connectivity index (χ2n) is 6.17. The van der Waals surface area contributed by atoms with Crippen LogP contribution in [-0.4, -0.2) is 24.0 Å². The number of rotatable bonds is 2. The normalized spacial score (nSPS) is 27.2. The molecule has 2 atom stereocenters. The largest absolute Gasteiger partial charge is 0.315 e. The average molecular weight is 338 g/mol. The predicted molar refractivity (Wildman–Crippen MR) is 92.8 cm³/mol. The number of hydrogen-bond donors (Lipinski definition) is 2. The van der Waals surface area contributed by atoms with Crippen molar-refractivity contribution >= 4 is 45.0 Å². The molecule has 0 bridgehead atoms. The Bertz CT molecular complexity index is 656. The van der Waals surface area contributed by atoms with Gasteiger partial charge in [0.2, 0.25) is 5.91 Å². The van der Waals surface area contributed by atoms with E-state index in [2.05, 4.69) is 15.6 Å². The zero-order valence-corrected chi connectivity index (χ0v) is 13.9. The van der Waals surface area contributed by atoms with E-state index in [0.717, 1.165) is 41.3 Å². The van der Waals surface area contributed by atoms with E-state index >= 15 is 0 Å². The second-order valence-corrected chi connectivity index (χ2v) is 7.20. The Morgan fingerprint density at radius 3 is 3.09 bits per heavy atom. The fourth-order valence-electron chi connectivity index (χ4n) is 3.84. The highest BCUT2D eigenvalue weighted by Crippen LogP contribution is 2.44. The van der Waals surface area contributed by atoms with Crippen molar-refractivity contribution < 1.29 is 4.79 Å². The number of amides is 1. The lowest BCUT2D eigenvalue weighted by Crippen LogP contribution is -2.44. The first kappa shape index (κ1) is 15.7. The molecule has 0 unspecified atom stereocenters. The molecule has 4 nitrogen and oxygen atoms in total. The van der Waals surface area contributed by atoms with Crippen molar-refractivity contribution in [2.24, 2.45) is 11.3 Å². The third-order valence-electron chi connectivity index (χ3n) is 5.00. The first-order valence-electron chi connectivity index (χ1n) is 7.66. The molecule has 2 fully saturated rings. The number of nitrogens with zero attached hydrogens (tertiary/aromatic N) is 1. The minimum Gasteiger partial charge on any atom is -0.315 e. The van der Waals surface area contributed by atoms with E-state index in [4.69, 9.17) is 0 Å². The number of carbonyl (C=O) groups is 1. The quantitative estimate of drug-likeness (QED) is 0.882. The van der Waals surface area contributed by atoms with Crippen molar-refractivity contribution in [1.82, 2.24) is 10.3 Å². The number of fused-ring (bicyclic) bond motifs is 2. The van der Waals surface area contributed by atoms with Crippen LogP contribution in [0.25, 0.3) is 10.2 Å². The Kier molecular flexibility index (Phi) is 4.39. The molecule has 4 rings (SSSR count). The third kappa shape index (κ3) is 2.51. The summed E-state index contributed by atoms with van der Waals surface area (Å²) in [4.78, 5) is 17.4. The maximum absolute atomic E-state index is 12.9. The van der Waals surface area contributed by atoms with Crippen LogP contribution in [0.15, 0.2) is 24.3 Å². The molecule has 1 saturated heterocycles. The van der Waals surface area contributed by atoms with Crippen LogP contribution < -0.4 is 10.6 Å². The van der Waals surface area contributed by atoms with Gasteiger partial charge in [0.1, 0.15) is 0 Å². The lowest BCUT2D eigenvalue weighted by atomic mass is 9.68. The van der Waals surface area contributed by atoms with Crippen LogP contribution in [0.2, 0.25) is 0 Å². The molecule has 1 amide bonds. The van der Waals surface area contributed by atoms with Gasteiger partial charge in [0.15, 0.2) is 5.13 Å². The number of halogens is 1. The van der Waals surface area contributed by atoms with Gasteiger partial charge < -0.3 is 10.6 Å². The molecule has 1 aliphatic heterocycles. The van der Waals surface area contributed by atoms with E-state index in [9.17, 15) is 4.79 Å². The molecule has 1 saturated carbocycles. The van der Waals surface area contributed by atoms with Crippen LogP contribution in [0.5, 0.6) is 0 Å². The summed E-state index contributed by atoms with van der Waals surface area (Å²) in [6.07, 6.45) is 4.58. The molecule has 1 aliphatic carbocycles. The van der Waals surface area contributed by atoms with E-state index < -0.39 is 0 Å². The molecule has 0 spiro atoms. The highest BCUT2D eigenvalue weighted by Gasteiger charge is 2.49. The molecule has 1 aromatic heterocycles. The number of benzene rings is 1. The minimum atomic E-state index is -0.212. The van der Waals surface area contributed by atoms with Gasteiger partial charge in [0.05, 0.1) is 15.6 Å². The number of aromatic nitrogens is 1. The van der Waals surface area contributed by atoms with Gasteiger partial charge in [-0.15, -0.1) is 12.4 Å². The van der Waals surface area contributed by atoms with Crippen molar-refractivity contribution in [2.75, 3.05) is 18.4 Å². The molecule has 118 valence electrons. The number of thiazole rings is 1. The maximum Gasteiger partial charge on any atom is 0.233 e. The zero-order valence-electron chi connectivity index (χ0n) is 12.3. The summed E-state index contributed by atoms with van der Waals surface area (Å²) in [5.41, 5.74) is 0.746. The fraction of sp³-hybridized carbons (Fsp3) is 0.500. The van der Waals surface area contributed by atoms with E-state index in [1.54, 1.807) is 11.3 Å². The lowest BCUT2D eigenvalue weighted by Gasteiger charge is -2.36. The van der Waals surface area contributed by atoms with Crippen molar-refractivity contribution in [3.63, 3.8) is 0 Å². The Hall–Kier alpha value is -1.17. The van der Waals surface area contributed by atoms with E-state index in [-0.39, 0.29) is 23.7 Å². The van der Waals surface area contributed by atoms with Crippen LogP contribution in [0, 0.1) is 11.3 Å².